The lowest BCUT2D eigenvalue weighted by Gasteiger charge is -2.37. The van der Waals surface area contributed by atoms with E-state index in [4.69, 9.17) is 10.2 Å². The zero-order valence-electron chi connectivity index (χ0n) is 85.3. The summed E-state index contributed by atoms with van der Waals surface area (Å²) >= 11 is 0. The molecular formula is C107H162N16O23. The first-order valence-electron chi connectivity index (χ1n) is 51.9. The van der Waals surface area contributed by atoms with Crippen molar-refractivity contribution >= 4 is 100 Å². The molecule has 808 valence electrons. The van der Waals surface area contributed by atoms with Gasteiger partial charge in [0.05, 0.1) is 23.7 Å². The van der Waals surface area contributed by atoms with E-state index in [1.165, 1.54) is 7.05 Å². The average Bonchev–Trinajstić information content (AvgIpc) is 0.857. The van der Waals surface area contributed by atoms with Gasteiger partial charge >= 0.3 is 41.9 Å². The Balaban J connectivity index is 0.000000534. The number of amides is 10. The number of urea groups is 2. The van der Waals surface area contributed by atoms with E-state index in [-0.39, 0.29) is 147 Å². The molecule has 7 rings (SSSR count). The Hall–Kier alpha value is -12.4. The smallest absolute Gasteiger partial charge is 0.326 e. The van der Waals surface area contributed by atoms with Crippen LogP contribution in [0.1, 0.15) is 247 Å². The Labute approximate surface area is 858 Å². The van der Waals surface area contributed by atoms with Gasteiger partial charge in [-0.15, -0.1) is 0 Å². The standard InChI is InChI=1S/C61H97N11O11.C46H65N5O12/c1-45(73)50(70-59(83)71-51(58(81)82)27-28-56(78)79)24-15-8-14-23-49(74)22-13-4-3-5-16-29-68-57(80)48(36-46-18-9-6-10-19-46)38-53(75)52(37-47-20-11-7-12-21-47)69-54(76)25-17-26-55(77)72-61-42-65-33-30-62-39-60(2,40-63-31-34-66-43-61)41-64-32-35-67-44-61;1-47-40(54)24-16-25-41(55)49-38(30-33-19-10-6-11-20-33)39(53)31-34(29-32-17-8-5-9-18-32)43(58)48-28-15-4-2-3-12-21-35(52)22-13-7-14-23-36(44(59)60)50-46(63)51-37(45(61)62)26-27-42(56)57/h6-7,9-12,18-21,48,50-52,62-67,73H,1,3-5,8,13-17,22-44H2,2H3,(H,68,80)(H,69,76)(H,72,77)(H,78,79)(H,81,82)(H2,70,71,83);5-6,8-11,17-20,34,36-38H,2-4,7,12-16,21-31H2,1H3,(H,47,54)(H,48,58)(H,49,55)(H,56,57)(H,59,60)(H,61,62)(H2,50,51,63)/t48-,50?,51?,52+,60?,61?;34-,36?,37?,38+/m00/s1. The largest absolute Gasteiger partial charge is 0.511 e. The summed E-state index contributed by atoms with van der Waals surface area (Å²) in [6.07, 6.45) is 13.8. The minimum atomic E-state index is -1.49. The van der Waals surface area contributed by atoms with Gasteiger partial charge < -0.3 is 116 Å². The van der Waals surface area contributed by atoms with Crippen molar-refractivity contribution in [2.75, 3.05) is 98.7 Å². The van der Waals surface area contributed by atoms with Crippen LogP contribution in [-0.2, 0) is 97.6 Å². The molecule has 22 N–H and O–H groups in total. The van der Waals surface area contributed by atoms with Crippen LogP contribution < -0.4 is 85.1 Å². The number of ketones is 4. The van der Waals surface area contributed by atoms with Gasteiger partial charge in [-0.1, -0.05) is 199 Å². The molecule has 8 atom stereocenters. The number of carboxylic acids is 5. The SMILES string of the molecule is C=C(O)C(CCCCCC(=O)CCCCCCCNC(=O)[C@H](CC(=O)[C@@H](Cc1ccccc1)NC(=O)CCCC(=O)NC12CNCCNCC(C)(CNCCNC1)CNCCNC2)Cc1ccccc1)NC(=O)NC(CCC(=O)O)C(=O)O.CNC(=O)CCCC(=O)N[C@H](Cc1ccccc1)C(=O)C[C@H](Cc1ccccc1)C(=O)NCCCCCCCC(=O)CCCCCC(NC(=O)NC(CCC(=O)O)C(=O)O)C(=O)O. The summed E-state index contributed by atoms with van der Waals surface area (Å²) in [6.45, 7) is 15.5. The Kier molecular flexibility index (Phi) is 61.8. The third-order valence-corrected chi connectivity index (χ3v) is 25.7. The number of aliphatic hydroxyl groups excluding tert-OH is 1. The number of aliphatic hydroxyl groups is 1. The first kappa shape index (κ1) is 124. The molecule has 4 aromatic rings. The fourth-order valence-electron chi connectivity index (χ4n) is 17.3. The van der Waals surface area contributed by atoms with Crippen LogP contribution in [-0.4, -0.2) is 272 Å². The van der Waals surface area contributed by atoms with Crippen molar-refractivity contribution in [3.05, 3.63) is 156 Å². The molecule has 10 amide bonds. The maximum absolute atomic E-state index is 14.3. The van der Waals surface area contributed by atoms with E-state index in [1.54, 1.807) is 0 Å². The van der Waals surface area contributed by atoms with E-state index in [1.807, 2.05) is 121 Å². The molecule has 4 aromatic carbocycles. The van der Waals surface area contributed by atoms with Crippen molar-refractivity contribution < 1.29 is 112 Å². The molecular weight excluding hydrogens is 1880 g/mol. The van der Waals surface area contributed by atoms with Crippen LogP contribution in [0.3, 0.4) is 0 Å². The van der Waals surface area contributed by atoms with Crippen molar-refractivity contribution in [3.8, 4) is 0 Å². The zero-order valence-corrected chi connectivity index (χ0v) is 85.3. The van der Waals surface area contributed by atoms with Crippen molar-refractivity contribution in [3.63, 3.8) is 0 Å². The highest BCUT2D eigenvalue weighted by Crippen LogP contribution is 2.23. The molecule has 146 heavy (non-hydrogen) atoms. The van der Waals surface area contributed by atoms with E-state index in [9.17, 15) is 102 Å². The molecule has 4 unspecified atom stereocenters. The Morgan fingerprint density at radius 2 is 0.610 bits per heavy atom. The van der Waals surface area contributed by atoms with E-state index in [2.05, 4.69) is 98.6 Å². The molecule has 3 aliphatic rings. The fourth-order valence-corrected chi connectivity index (χ4v) is 17.3. The Morgan fingerprint density at radius 3 is 0.945 bits per heavy atom. The van der Waals surface area contributed by atoms with Crippen LogP contribution in [0.5, 0.6) is 0 Å². The van der Waals surface area contributed by atoms with Gasteiger partial charge in [-0.3, -0.25) is 57.5 Å². The first-order chi connectivity index (χ1) is 70.1. The monoisotopic (exact) mass is 2040 g/mol. The number of unbranched alkanes of at least 4 members (excludes halogenated alkanes) is 12. The molecule has 3 fully saturated rings. The zero-order chi connectivity index (χ0) is 107. The van der Waals surface area contributed by atoms with Crippen LogP contribution in [0.25, 0.3) is 0 Å². The number of carboxylic acid groups (broad SMARTS) is 5. The van der Waals surface area contributed by atoms with Crippen molar-refractivity contribution in [1.29, 1.82) is 0 Å². The van der Waals surface area contributed by atoms with Crippen molar-refractivity contribution in [2.24, 2.45) is 17.3 Å². The lowest BCUT2D eigenvalue weighted by Crippen LogP contribution is -2.66. The van der Waals surface area contributed by atoms with E-state index in [0.717, 1.165) is 133 Å². The number of Topliss-reactive ketones (excluding diaryl/α,β-unsaturated/α-hetero) is 4. The second-order valence-corrected chi connectivity index (χ2v) is 38.5. The molecule has 2 bridgehead atoms. The van der Waals surface area contributed by atoms with Crippen LogP contribution in [0, 0.1) is 17.3 Å². The van der Waals surface area contributed by atoms with E-state index < -0.39 is 108 Å². The van der Waals surface area contributed by atoms with Gasteiger partial charge in [-0.05, 0) is 125 Å². The number of rotatable bonds is 69. The molecule has 0 aromatic heterocycles. The number of aliphatic carboxylic acids is 5. The van der Waals surface area contributed by atoms with Crippen LogP contribution >= 0.6 is 0 Å². The second-order valence-electron chi connectivity index (χ2n) is 38.5. The summed E-state index contributed by atoms with van der Waals surface area (Å²) in [7, 11) is 1.53. The van der Waals surface area contributed by atoms with Gasteiger partial charge in [0.15, 0.2) is 11.6 Å². The molecule has 0 aliphatic carbocycles. The fraction of sp³-hybridized carbons (Fsp3) is 0.598. The maximum atomic E-state index is 14.3. The second kappa shape index (κ2) is 72.8. The molecule has 0 spiro atoms. The highest BCUT2D eigenvalue weighted by Gasteiger charge is 2.36. The lowest BCUT2D eigenvalue weighted by atomic mass is 9.89. The van der Waals surface area contributed by atoms with Gasteiger partial charge in [0.2, 0.25) is 35.4 Å². The number of carbonyl (C=O) groups excluding carboxylic acids is 12. The van der Waals surface area contributed by atoms with Crippen molar-refractivity contribution in [1.82, 2.24) is 85.1 Å². The Bertz CT molecular complexity index is 4610. The summed E-state index contributed by atoms with van der Waals surface area (Å²) in [5, 5.41) is 104. The van der Waals surface area contributed by atoms with Gasteiger partial charge in [0, 0.05) is 193 Å². The molecule has 39 nitrogen and oxygen atoms in total. The van der Waals surface area contributed by atoms with Crippen LogP contribution in [0.2, 0.25) is 0 Å². The highest BCUT2D eigenvalue weighted by molar-refractivity contribution is 5.95. The Morgan fingerprint density at radius 1 is 0.315 bits per heavy atom. The lowest BCUT2D eigenvalue weighted by molar-refractivity contribution is -0.142. The average molecular weight is 2040 g/mol. The van der Waals surface area contributed by atoms with Crippen molar-refractivity contribution in [2.45, 2.75) is 293 Å². The summed E-state index contributed by atoms with van der Waals surface area (Å²) in [6, 6.07) is 29.1. The topological polar surface area (TPSA) is 604 Å². The summed E-state index contributed by atoms with van der Waals surface area (Å²) in [5.74, 6) is -9.96. The first-order valence-corrected chi connectivity index (χ1v) is 51.9. The van der Waals surface area contributed by atoms with Crippen LogP contribution in [0.4, 0.5) is 9.59 Å². The third-order valence-electron chi connectivity index (χ3n) is 25.7. The van der Waals surface area contributed by atoms with E-state index >= 15 is 0 Å². The predicted octanol–water partition coefficient (Wildman–Crippen LogP) is 7.66. The summed E-state index contributed by atoms with van der Waals surface area (Å²) < 4.78 is 0. The number of benzene rings is 4. The highest BCUT2D eigenvalue weighted by atomic mass is 16.4. The number of carbonyl (C=O) groups is 17. The maximum Gasteiger partial charge on any atom is 0.326 e. The van der Waals surface area contributed by atoms with Gasteiger partial charge in [0.25, 0.3) is 0 Å². The molecule has 0 saturated carbocycles. The van der Waals surface area contributed by atoms with Gasteiger partial charge in [-0.25, -0.2) is 24.0 Å². The molecule has 0 radical (unpaired) electrons. The quantitative estimate of drug-likeness (QED) is 0.0149. The minimum absolute atomic E-state index is 0.0396. The molecule has 3 heterocycles. The molecule has 3 aliphatic heterocycles. The normalized spacial score (nSPS) is 16.6. The minimum Gasteiger partial charge on any atom is -0.511 e. The molecule has 39 heteroatoms. The number of hydrogen-bond acceptors (Lipinski definition) is 24. The number of fused-ring (bicyclic) bond motifs is 15. The van der Waals surface area contributed by atoms with E-state index in [0.29, 0.717) is 135 Å². The summed E-state index contributed by atoms with van der Waals surface area (Å²) in [5.41, 5.74) is 2.99. The predicted molar refractivity (Wildman–Crippen MR) is 553 cm³/mol. The number of nitrogens with one attached hydrogen (secondary N) is 16. The van der Waals surface area contributed by atoms with Gasteiger partial charge in [0.1, 0.15) is 35.5 Å². The van der Waals surface area contributed by atoms with Crippen LogP contribution in [0.15, 0.2) is 134 Å². The molecule has 3 saturated heterocycles. The third kappa shape index (κ3) is 56.3. The van der Waals surface area contributed by atoms with Gasteiger partial charge in [-0.2, -0.15) is 0 Å². The summed E-state index contributed by atoms with van der Waals surface area (Å²) in [4.78, 5) is 213. The number of hydrogen-bond donors (Lipinski definition) is 22.